The predicted molar refractivity (Wildman–Crippen MR) is 90.4 cm³/mol. The van der Waals surface area contributed by atoms with E-state index in [2.05, 4.69) is 4.90 Å². The second-order valence-corrected chi connectivity index (χ2v) is 7.29. The van der Waals surface area contributed by atoms with Crippen molar-refractivity contribution in [1.29, 1.82) is 0 Å². The molecule has 0 radical (unpaired) electrons. The number of hydrogen-bond acceptors (Lipinski definition) is 4. The zero-order chi connectivity index (χ0) is 16.2. The second kappa shape index (κ2) is 7.36. The van der Waals surface area contributed by atoms with Gasteiger partial charge in [0.05, 0.1) is 5.92 Å². The Hall–Kier alpha value is -1.53. The molecular weight excluding hydrogens is 312 g/mol. The van der Waals surface area contributed by atoms with Gasteiger partial charge in [-0.15, -0.1) is 0 Å². The highest BCUT2D eigenvalue weighted by atomic mass is 32.2. The summed E-state index contributed by atoms with van der Waals surface area (Å²) in [4.78, 5) is 28.2. The Morgan fingerprint density at radius 2 is 1.83 bits per heavy atom. The first-order valence-corrected chi connectivity index (χ1v) is 9.20. The van der Waals surface area contributed by atoms with Crippen molar-refractivity contribution in [2.45, 2.75) is 12.5 Å². The zero-order valence-corrected chi connectivity index (χ0v) is 13.9. The van der Waals surface area contributed by atoms with Crippen molar-refractivity contribution in [1.82, 2.24) is 9.80 Å². The number of rotatable bonds is 4. The molecule has 1 amide bonds. The van der Waals surface area contributed by atoms with Crippen LogP contribution in [0.25, 0.3) is 0 Å². The van der Waals surface area contributed by atoms with Crippen LogP contribution >= 0.6 is 11.8 Å². The molecule has 23 heavy (non-hydrogen) atoms. The Morgan fingerprint density at radius 1 is 1.13 bits per heavy atom. The molecule has 0 spiro atoms. The number of amides is 1. The number of thioether (sulfide) groups is 1. The highest BCUT2D eigenvalue weighted by Crippen LogP contribution is 2.28. The topological polar surface area (TPSA) is 60.9 Å². The Morgan fingerprint density at radius 3 is 2.43 bits per heavy atom. The molecule has 5 nitrogen and oxygen atoms in total. The van der Waals surface area contributed by atoms with Crippen LogP contribution in [0, 0.1) is 5.92 Å². The van der Waals surface area contributed by atoms with Crippen LogP contribution in [-0.2, 0) is 9.59 Å². The first-order chi connectivity index (χ1) is 11.2. The van der Waals surface area contributed by atoms with E-state index in [1.54, 1.807) is 4.90 Å². The van der Waals surface area contributed by atoms with E-state index in [1.807, 2.05) is 42.1 Å². The van der Waals surface area contributed by atoms with Crippen LogP contribution in [0.4, 0.5) is 0 Å². The molecule has 1 aromatic carbocycles. The van der Waals surface area contributed by atoms with Gasteiger partial charge in [0.1, 0.15) is 6.04 Å². The zero-order valence-electron chi connectivity index (χ0n) is 13.1. The third-order valence-corrected chi connectivity index (χ3v) is 5.55. The van der Waals surface area contributed by atoms with Crippen molar-refractivity contribution < 1.29 is 14.7 Å². The van der Waals surface area contributed by atoms with E-state index < -0.39 is 11.9 Å². The van der Waals surface area contributed by atoms with E-state index in [-0.39, 0.29) is 11.9 Å². The maximum absolute atomic E-state index is 13.1. The van der Waals surface area contributed by atoms with Crippen molar-refractivity contribution in [3.8, 4) is 0 Å². The lowest BCUT2D eigenvalue weighted by molar-refractivity contribution is -0.141. The van der Waals surface area contributed by atoms with Gasteiger partial charge in [-0.1, -0.05) is 30.3 Å². The molecule has 2 fully saturated rings. The molecule has 1 N–H and O–H groups in total. The first-order valence-electron chi connectivity index (χ1n) is 8.05. The van der Waals surface area contributed by atoms with Gasteiger partial charge in [0.25, 0.3) is 0 Å². The SMILES string of the molecule is O=C(O)C1CCN(C(=O)C(c2ccccc2)N2CCSCC2)C1. The smallest absolute Gasteiger partial charge is 0.308 e. The van der Waals surface area contributed by atoms with Crippen LogP contribution in [0.15, 0.2) is 30.3 Å². The summed E-state index contributed by atoms with van der Waals surface area (Å²) < 4.78 is 0. The lowest BCUT2D eigenvalue weighted by atomic mass is 10.0. The summed E-state index contributed by atoms with van der Waals surface area (Å²) in [6, 6.07) is 9.57. The van der Waals surface area contributed by atoms with E-state index in [0.717, 1.165) is 30.2 Å². The first kappa shape index (κ1) is 16.3. The monoisotopic (exact) mass is 334 g/mol. The number of carbonyl (C=O) groups is 2. The molecule has 0 bridgehead atoms. The molecule has 0 saturated carbocycles. The largest absolute Gasteiger partial charge is 0.481 e. The fraction of sp³-hybridized carbons (Fsp3) is 0.529. The minimum Gasteiger partial charge on any atom is -0.481 e. The Kier molecular flexibility index (Phi) is 5.23. The van der Waals surface area contributed by atoms with Crippen molar-refractivity contribution >= 4 is 23.6 Å². The summed E-state index contributed by atoms with van der Waals surface area (Å²) in [5, 5.41) is 9.17. The van der Waals surface area contributed by atoms with Gasteiger partial charge in [0.15, 0.2) is 0 Å². The Labute approximate surface area is 140 Å². The fourth-order valence-corrected chi connectivity index (χ4v) is 4.25. The average molecular weight is 334 g/mol. The average Bonchev–Trinajstić information content (AvgIpc) is 3.07. The van der Waals surface area contributed by atoms with E-state index in [1.165, 1.54) is 0 Å². The summed E-state index contributed by atoms with van der Waals surface area (Å²) in [5.41, 5.74) is 1.00. The van der Waals surface area contributed by atoms with Gasteiger partial charge >= 0.3 is 5.97 Å². The number of nitrogens with zero attached hydrogens (tertiary/aromatic N) is 2. The molecule has 2 heterocycles. The van der Waals surface area contributed by atoms with E-state index in [9.17, 15) is 9.59 Å². The minimum absolute atomic E-state index is 0.0480. The fourth-order valence-electron chi connectivity index (χ4n) is 3.32. The molecule has 2 aliphatic rings. The van der Waals surface area contributed by atoms with Gasteiger partial charge in [-0.2, -0.15) is 11.8 Å². The Balaban J connectivity index is 1.80. The second-order valence-electron chi connectivity index (χ2n) is 6.07. The number of likely N-dealkylation sites (tertiary alicyclic amines) is 1. The number of hydrogen-bond donors (Lipinski definition) is 1. The lowest BCUT2D eigenvalue weighted by Gasteiger charge is -2.35. The molecular formula is C17H22N2O3S. The van der Waals surface area contributed by atoms with Crippen molar-refractivity contribution in [3.05, 3.63) is 35.9 Å². The quantitative estimate of drug-likeness (QED) is 0.908. The number of carbonyl (C=O) groups excluding carboxylic acids is 1. The third kappa shape index (κ3) is 3.70. The number of carboxylic acids is 1. The van der Waals surface area contributed by atoms with Gasteiger partial charge in [-0.3, -0.25) is 14.5 Å². The molecule has 0 aromatic heterocycles. The molecule has 2 aliphatic heterocycles. The normalized spacial score (nSPS) is 23.7. The van der Waals surface area contributed by atoms with Gasteiger partial charge in [-0.05, 0) is 12.0 Å². The maximum Gasteiger partial charge on any atom is 0.308 e. The van der Waals surface area contributed by atoms with Crippen LogP contribution in [0.3, 0.4) is 0 Å². The van der Waals surface area contributed by atoms with Crippen LogP contribution in [0.1, 0.15) is 18.0 Å². The predicted octanol–water partition coefficient (Wildman–Crippen LogP) is 1.71. The molecule has 2 unspecified atom stereocenters. The van der Waals surface area contributed by atoms with E-state index in [4.69, 9.17) is 5.11 Å². The van der Waals surface area contributed by atoms with Crippen molar-refractivity contribution in [2.75, 3.05) is 37.7 Å². The van der Waals surface area contributed by atoms with Crippen LogP contribution in [0.5, 0.6) is 0 Å². The number of aliphatic carboxylic acids is 1. The number of benzene rings is 1. The van der Waals surface area contributed by atoms with Crippen LogP contribution in [0.2, 0.25) is 0 Å². The molecule has 1 aromatic rings. The van der Waals surface area contributed by atoms with Crippen LogP contribution < -0.4 is 0 Å². The third-order valence-electron chi connectivity index (χ3n) is 4.61. The summed E-state index contributed by atoms with van der Waals surface area (Å²) in [5.74, 6) is 0.896. The molecule has 6 heteroatoms. The van der Waals surface area contributed by atoms with Crippen LogP contribution in [-0.4, -0.2) is 64.5 Å². The summed E-state index contributed by atoms with van der Waals surface area (Å²) in [6.45, 7) is 2.67. The summed E-state index contributed by atoms with van der Waals surface area (Å²) in [7, 11) is 0. The highest BCUT2D eigenvalue weighted by Gasteiger charge is 2.37. The van der Waals surface area contributed by atoms with E-state index >= 15 is 0 Å². The lowest BCUT2D eigenvalue weighted by Crippen LogP contribution is -2.45. The standard InChI is InChI=1S/C17H22N2O3S/c20-16(19-7-6-14(12-19)17(21)22)15(13-4-2-1-3-5-13)18-8-10-23-11-9-18/h1-5,14-15H,6-12H2,(H,21,22). The molecule has 2 atom stereocenters. The summed E-state index contributed by atoms with van der Waals surface area (Å²) in [6.07, 6.45) is 0.554. The van der Waals surface area contributed by atoms with Gasteiger partial charge in [0, 0.05) is 37.7 Å². The molecule has 0 aliphatic carbocycles. The van der Waals surface area contributed by atoms with Crippen molar-refractivity contribution in [3.63, 3.8) is 0 Å². The maximum atomic E-state index is 13.1. The summed E-state index contributed by atoms with van der Waals surface area (Å²) >= 11 is 1.92. The highest BCUT2D eigenvalue weighted by molar-refractivity contribution is 7.99. The number of carboxylic acid groups (broad SMARTS) is 1. The van der Waals surface area contributed by atoms with Crippen molar-refractivity contribution in [2.24, 2.45) is 5.92 Å². The molecule has 3 rings (SSSR count). The van der Waals surface area contributed by atoms with E-state index in [0.29, 0.717) is 19.5 Å². The van der Waals surface area contributed by atoms with Gasteiger partial charge in [0.2, 0.25) is 5.91 Å². The Bertz CT molecular complexity index is 560. The van der Waals surface area contributed by atoms with Gasteiger partial charge in [-0.25, -0.2) is 0 Å². The molecule has 2 saturated heterocycles. The van der Waals surface area contributed by atoms with Gasteiger partial charge < -0.3 is 10.0 Å². The minimum atomic E-state index is -0.800. The molecule has 124 valence electrons.